The minimum absolute atomic E-state index is 1.04. The van der Waals surface area contributed by atoms with Gasteiger partial charge in [-0.2, -0.15) is 12.2 Å². The quantitative estimate of drug-likeness (QED) is 0.462. The Morgan fingerprint density at radius 2 is 1.30 bits per heavy atom. The van der Waals surface area contributed by atoms with Crippen molar-refractivity contribution in [2.45, 2.75) is 66.2 Å². The van der Waals surface area contributed by atoms with Crippen LogP contribution in [0.15, 0.2) is 35.5 Å². The van der Waals surface area contributed by atoms with E-state index in [1.54, 1.807) is 0 Å². The standard InChI is InChI=1S/2C8H11.C3H6.Ti/c2*1-2-5-8-6-3-4-7-8;1-3-2;/h2*3,6H,2,4-5H2,1H3;1-2H3;/q2*-1;;+2. The summed E-state index contributed by atoms with van der Waals surface area (Å²) in [6, 6.07) is 0. The second-order valence-electron chi connectivity index (χ2n) is 5.12. The van der Waals surface area contributed by atoms with Crippen LogP contribution in [0, 0.1) is 12.2 Å². The molecule has 0 amide bonds. The van der Waals surface area contributed by atoms with Crippen molar-refractivity contribution in [3.8, 4) is 0 Å². The molecule has 0 spiro atoms. The molecule has 1 heteroatoms. The molecule has 0 aromatic carbocycles. The van der Waals surface area contributed by atoms with E-state index in [1.807, 2.05) is 0 Å². The molecule has 0 heterocycles. The molecule has 108 valence electrons. The fourth-order valence-electron chi connectivity index (χ4n) is 1.78. The molecule has 0 aliphatic heterocycles. The van der Waals surface area contributed by atoms with Crippen LogP contribution < -0.4 is 0 Å². The summed E-state index contributed by atoms with van der Waals surface area (Å²) in [6.07, 6.45) is 22.2. The molecule has 2 rings (SSSR count). The summed E-state index contributed by atoms with van der Waals surface area (Å²) in [6.45, 7) is 8.56. The van der Waals surface area contributed by atoms with Gasteiger partial charge in [-0.25, -0.2) is 23.3 Å². The van der Waals surface area contributed by atoms with Gasteiger partial charge in [0.2, 0.25) is 0 Å². The van der Waals surface area contributed by atoms with Gasteiger partial charge in [0.1, 0.15) is 0 Å². The van der Waals surface area contributed by atoms with E-state index in [4.69, 9.17) is 0 Å². The van der Waals surface area contributed by atoms with Crippen molar-refractivity contribution in [1.82, 2.24) is 0 Å². The van der Waals surface area contributed by atoms with Gasteiger partial charge >= 0.3 is 37.6 Å². The van der Waals surface area contributed by atoms with Crippen molar-refractivity contribution < 1.29 is 20.0 Å². The molecule has 0 fully saturated rings. The van der Waals surface area contributed by atoms with Gasteiger partial charge in [0, 0.05) is 0 Å². The summed E-state index contributed by atoms with van der Waals surface area (Å²) in [4.78, 5) is 0. The van der Waals surface area contributed by atoms with Crippen LogP contribution in [0.4, 0.5) is 0 Å². The maximum atomic E-state index is 3.26. The Morgan fingerprint density at radius 1 is 0.950 bits per heavy atom. The average molecular weight is 304 g/mol. The topological polar surface area (TPSA) is 0 Å². The second kappa shape index (κ2) is 13.5. The van der Waals surface area contributed by atoms with E-state index in [9.17, 15) is 0 Å². The monoisotopic (exact) mass is 304 g/mol. The van der Waals surface area contributed by atoms with Crippen LogP contribution in [-0.2, 0) is 20.0 Å². The van der Waals surface area contributed by atoms with Crippen molar-refractivity contribution in [2.75, 3.05) is 0 Å². The summed E-state index contributed by atoms with van der Waals surface area (Å²) in [7, 11) is 0. The summed E-state index contributed by atoms with van der Waals surface area (Å²) in [5.41, 5.74) is 2.79. The summed E-state index contributed by atoms with van der Waals surface area (Å²) < 4.78 is 1.42. The molecule has 2 aliphatic rings. The van der Waals surface area contributed by atoms with Gasteiger partial charge < -0.3 is 0 Å². The Labute approximate surface area is 137 Å². The molecule has 20 heavy (non-hydrogen) atoms. The molecule has 0 saturated carbocycles. The summed E-state index contributed by atoms with van der Waals surface area (Å²) in [5.74, 6) is 0. The van der Waals surface area contributed by atoms with Crippen molar-refractivity contribution in [2.24, 2.45) is 0 Å². The van der Waals surface area contributed by atoms with Gasteiger partial charge in [0.15, 0.2) is 0 Å². The first kappa shape index (κ1) is 19.5. The van der Waals surface area contributed by atoms with E-state index < -0.39 is 0 Å². The van der Waals surface area contributed by atoms with E-state index in [0.717, 1.165) is 12.8 Å². The zero-order valence-electron chi connectivity index (χ0n) is 13.6. The van der Waals surface area contributed by atoms with Crippen LogP contribution in [0.1, 0.15) is 66.2 Å². The fraction of sp³-hybridized carbons (Fsp3) is 0.526. The predicted octanol–water partition coefficient (Wildman–Crippen LogP) is 5.70. The van der Waals surface area contributed by atoms with E-state index in [1.165, 1.54) is 40.6 Å². The Morgan fingerprint density at radius 3 is 1.50 bits per heavy atom. The Bertz CT molecular complexity index is 345. The van der Waals surface area contributed by atoms with Gasteiger partial charge in [-0.1, -0.05) is 39.5 Å². The minimum atomic E-state index is 1.04. The number of rotatable bonds is 4. The van der Waals surface area contributed by atoms with E-state index in [0.29, 0.717) is 0 Å². The van der Waals surface area contributed by atoms with Crippen LogP contribution >= 0.6 is 0 Å². The molecule has 2 aliphatic carbocycles. The first-order valence-electron chi connectivity index (χ1n) is 7.64. The first-order valence-corrected chi connectivity index (χ1v) is 8.42. The molecule has 0 aromatic rings. The van der Waals surface area contributed by atoms with Gasteiger partial charge in [0.25, 0.3) is 0 Å². The summed E-state index contributed by atoms with van der Waals surface area (Å²) in [5, 5.41) is 0. The second-order valence-corrected chi connectivity index (χ2v) is 6.68. The van der Waals surface area contributed by atoms with Crippen LogP contribution in [0.2, 0.25) is 0 Å². The van der Waals surface area contributed by atoms with Crippen LogP contribution in [0.5, 0.6) is 0 Å². The van der Waals surface area contributed by atoms with Crippen LogP contribution in [0.3, 0.4) is 0 Å². The third-order valence-electron chi connectivity index (χ3n) is 2.57. The number of hydrogen-bond donors (Lipinski definition) is 0. The zero-order chi connectivity index (χ0) is 15.2. The van der Waals surface area contributed by atoms with Crippen molar-refractivity contribution in [3.63, 3.8) is 0 Å². The molecule has 0 aromatic heterocycles. The molecule has 0 radical (unpaired) electrons. The molecule has 0 N–H and O–H groups in total. The van der Waals surface area contributed by atoms with Gasteiger partial charge in [-0.05, 0) is 0 Å². The number of hydrogen-bond acceptors (Lipinski definition) is 0. The Balaban J connectivity index is 0.000000289. The normalized spacial score (nSPS) is 14.9. The van der Waals surface area contributed by atoms with Gasteiger partial charge in [0.05, 0.1) is 0 Å². The molecule has 0 saturated heterocycles. The first-order chi connectivity index (χ1) is 9.60. The predicted molar refractivity (Wildman–Crippen MR) is 87.2 cm³/mol. The average Bonchev–Trinajstić information content (AvgIpc) is 3.03. The van der Waals surface area contributed by atoms with Crippen LogP contribution in [-0.4, -0.2) is 3.81 Å². The molecule has 0 atom stereocenters. The molecular weight excluding hydrogens is 276 g/mol. The van der Waals surface area contributed by atoms with Gasteiger partial charge in [-0.3, -0.25) is 12.2 Å². The molecular formula is C19H28Ti. The summed E-state index contributed by atoms with van der Waals surface area (Å²) >= 11 is 2.08. The molecule has 0 bridgehead atoms. The van der Waals surface area contributed by atoms with E-state index >= 15 is 0 Å². The third-order valence-corrected chi connectivity index (χ3v) is 2.57. The molecule has 0 unspecified atom stereocenters. The van der Waals surface area contributed by atoms with E-state index in [-0.39, 0.29) is 0 Å². The van der Waals surface area contributed by atoms with Crippen LogP contribution in [0.25, 0.3) is 0 Å². The fourth-order valence-corrected chi connectivity index (χ4v) is 1.78. The van der Waals surface area contributed by atoms with Crippen molar-refractivity contribution >= 4 is 3.81 Å². The van der Waals surface area contributed by atoms with Gasteiger partial charge in [-0.15, -0.1) is 12.8 Å². The van der Waals surface area contributed by atoms with E-state index in [2.05, 4.69) is 84.1 Å². The SMILES string of the molecule is CCCC1=[C-]CC=C1.CCCC1=[C-]CC=C1.C[C](C)=[Ti+2]. The maximum absolute atomic E-state index is 3.26. The zero-order valence-corrected chi connectivity index (χ0v) is 15.1. The number of allylic oxidation sites excluding steroid dienone is 8. The molecule has 0 nitrogen and oxygen atoms in total. The van der Waals surface area contributed by atoms with Crippen molar-refractivity contribution in [3.05, 3.63) is 47.6 Å². The Hall–Kier alpha value is -0.456. The third kappa shape index (κ3) is 12.6. The van der Waals surface area contributed by atoms with Crippen molar-refractivity contribution in [1.29, 1.82) is 0 Å². The Kier molecular flexibility index (Phi) is 13.2.